The van der Waals surface area contributed by atoms with Gasteiger partial charge in [0, 0.05) is 11.7 Å². The van der Waals surface area contributed by atoms with Crippen LogP contribution in [-0.4, -0.2) is 28.8 Å². The minimum absolute atomic E-state index is 0.0332. The molecule has 4 aliphatic carbocycles. The van der Waals surface area contributed by atoms with Crippen LogP contribution in [-0.2, 0) is 15.1 Å². The lowest BCUT2D eigenvalue weighted by Gasteiger charge is -2.62. The van der Waals surface area contributed by atoms with Crippen molar-refractivity contribution in [2.45, 2.75) is 50.5 Å². The van der Waals surface area contributed by atoms with Gasteiger partial charge in [-0.25, -0.2) is 9.48 Å². The number of aromatic nitrogens is 2. The molecule has 0 radical (unpaired) electrons. The van der Waals surface area contributed by atoms with Gasteiger partial charge in [0.05, 0.1) is 30.1 Å². The van der Waals surface area contributed by atoms with Crippen LogP contribution in [0, 0.1) is 17.3 Å². The van der Waals surface area contributed by atoms with Crippen molar-refractivity contribution in [2.75, 3.05) is 12.4 Å². The number of hydrogen-bond donors (Lipinski definition) is 1. The highest BCUT2D eigenvalue weighted by Crippen LogP contribution is 2.64. The molecule has 0 saturated heterocycles. The lowest BCUT2D eigenvalue weighted by Crippen LogP contribution is -2.60. The molecule has 1 N–H and O–H groups in total. The van der Waals surface area contributed by atoms with E-state index in [0.717, 1.165) is 32.1 Å². The molecule has 0 amide bonds. The maximum atomic E-state index is 13.3. The van der Waals surface area contributed by atoms with Crippen LogP contribution in [0.15, 0.2) is 35.3 Å². The van der Waals surface area contributed by atoms with Crippen molar-refractivity contribution in [3.8, 4) is 0 Å². The molecule has 0 aliphatic heterocycles. The zero-order chi connectivity index (χ0) is 23.4. The number of nitrogens with zero attached hydrogens (tertiary/aromatic N) is 2. The Hall–Kier alpha value is -2.87. The number of halogens is 1. The van der Waals surface area contributed by atoms with Crippen LogP contribution >= 0.6 is 11.6 Å². The van der Waals surface area contributed by atoms with Gasteiger partial charge in [0.25, 0.3) is 5.56 Å². The number of carboxylic acid groups (broad SMARTS) is 1. The third-order valence-corrected chi connectivity index (χ3v) is 7.99. The van der Waals surface area contributed by atoms with Crippen LogP contribution in [0.5, 0.6) is 0 Å². The van der Waals surface area contributed by atoms with Gasteiger partial charge < -0.3 is 20.0 Å². The highest BCUT2D eigenvalue weighted by Gasteiger charge is 2.59. The number of carbonyl (C=O) groups is 2. The molecule has 33 heavy (non-hydrogen) atoms. The van der Waals surface area contributed by atoms with Gasteiger partial charge in [-0.05, 0) is 86.5 Å². The average molecular weight is 471 g/mol. The number of carboxylic acids is 1. The van der Waals surface area contributed by atoms with Gasteiger partial charge in [0.1, 0.15) is 5.02 Å². The molecule has 6 rings (SSSR count). The number of methoxy groups -OCH3 is 1. The van der Waals surface area contributed by atoms with E-state index < -0.39 is 17.5 Å². The standard InChI is InChI=1S/C24H26ClN3O5/c1-33-22(32)16-2-4-17(5-3-16)27-18-12-26-28(21(31)20(18)25)24-9-14-6-15(10-24)8-23(7-14,13-24)11-19(29)30/h2-5,12,14-15,27H,6-11,13H2,1H3,(H,29,30)/p-1/t14-,15+,23?,24?. The predicted molar refractivity (Wildman–Crippen MR) is 119 cm³/mol. The van der Waals surface area contributed by atoms with E-state index in [4.69, 9.17) is 16.3 Å². The largest absolute Gasteiger partial charge is 0.550 e. The molecule has 2 unspecified atom stereocenters. The summed E-state index contributed by atoms with van der Waals surface area (Å²) in [6.45, 7) is 0. The Morgan fingerprint density at radius 1 is 1.21 bits per heavy atom. The van der Waals surface area contributed by atoms with Crippen LogP contribution in [0.1, 0.15) is 55.3 Å². The molecule has 4 fully saturated rings. The fourth-order valence-corrected chi connectivity index (χ4v) is 7.16. The topological polar surface area (TPSA) is 113 Å². The van der Waals surface area contributed by atoms with Crippen molar-refractivity contribution in [1.29, 1.82) is 0 Å². The van der Waals surface area contributed by atoms with Crippen LogP contribution in [0.4, 0.5) is 11.4 Å². The maximum absolute atomic E-state index is 13.3. The Bertz CT molecular complexity index is 1160. The zero-order valence-corrected chi connectivity index (χ0v) is 19.1. The molecule has 2 aromatic rings. The van der Waals surface area contributed by atoms with Gasteiger partial charge in [0.2, 0.25) is 0 Å². The van der Waals surface area contributed by atoms with Crippen LogP contribution in [0.2, 0.25) is 5.02 Å². The number of aliphatic carboxylic acids is 1. The van der Waals surface area contributed by atoms with Crippen molar-refractivity contribution in [2.24, 2.45) is 17.3 Å². The molecule has 4 atom stereocenters. The molecule has 4 aliphatic rings. The summed E-state index contributed by atoms with van der Waals surface area (Å²) >= 11 is 6.50. The summed E-state index contributed by atoms with van der Waals surface area (Å²) in [4.78, 5) is 36.4. The first kappa shape index (κ1) is 21.9. The van der Waals surface area contributed by atoms with Gasteiger partial charge >= 0.3 is 5.97 Å². The Kier molecular flexibility index (Phi) is 5.23. The van der Waals surface area contributed by atoms with Crippen molar-refractivity contribution in [1.82, 2.24) is 9.78 Å². The van der Waals surface area contributed by atoms with Gasteiger partial charge in [-0.2, -0.15) is 5.10 Å². The summed E-state index contributed by atoms with van der Waals surface area (Å²) in [5, 5.41) is 19.1. The number of esters is 1. The molecule has 9 heteroatoms. The monoisotopic (exact) mass is 470 g/mol. The molecule has 8 nitrogen and oxygen atoms in total. The smallest absolute Gasteiger partial charge is 0.337 e. The van der Waals surface area contributed by atoms with E-state index in [1.165, 1.54) is 11.8 Å². The summed E-state index contributed by atoms with van der Waals surface area (Å²) in [6.07, 6.45) is 6.68. The Morgan fingerprint density at radius 2 is 1.88 bits per heavy atom. The number of rotatable bonds is 6. The van der Waals surface area contributed by atoms with Crippen molar-refractivity contribution in [3.05, 3.63) is 51.4 Å². The lowest BCUT2D eigenvalue weighted by atomic mass is 9.46. The average Bonchev–Trinajstić information content (AvgIpc) is 2.75. The van der Waals surface area contributed by atoms with Crippen molar-refractivity contribution >= 4 is 34.9 Å². The summed E-state index contributed by atoms with van der Waals surface area (Å²) in [5.41, 5.74) is 0.230. The number of hydrogen-bond acceptors (Lipinski definition) is 7. The fourth-order valence-electron chi connectivity index (χ4n) is 6.98. The van der Waals surface area contributed by atoms with Crippen molar-refractivity contribution < 1.29 is 19.4 Å². The normalized spacial score (nSPS) is 29.6. The molecular weight excluding hydrogens is 446 g/mol. The van der Waals surface area contributed by atoms with E-state index in [2.05, 4.69) is 10.4 Å². The van der Waals surface area contributed by atoms with E-state index in [1.807, 2.05) is 0 Å². The number of nitrogens with one attached hydrogen (secondary N) is 1. The Balaban J connectivity index is 1.44. The highest BCUT2D eigenvalue weighted by atomic mass is 35.5. The first-order valence-corrected chi connectivity index (χ1v) is 11.5. The van der Waals surface area contributed by atoms with Gasteiger partial charge in [-0.3, -0.25) is 4.79 Å². The molecule has 4 bridgehead atoms. The fraction of sp³-hybridized carbons (Fsp3) is 0.500. The molecule has 0 spiro atoms. The Morgan fingerprint density at radius 3 is 2.48 bits per heavy atom. The summed E-state index contributed by atoms with van der Waals surface area (Å²) in [7, 11) is 1.32. The minimum Gasteiger partial charge on any atom is -0.550 e. The summed E-state index contributed by atoms with van der Waals surface area (Å²) in [5.74, 6) is -0.674. The van der Waals surface area contributed by atoms with Crippen LogP contribution in [0.3, 0.4) is 0 Å². The number of benzene rings is 1. The third kappa shape index (κ3) is 3.80. The number of carbonyl (C=O) groups excluding carboxylic acids is 2. The molecule has 4 saturated carbocycles. The highest BCUT2D eigenvalue weighted by molar-refractivity contribution is 6.33. The molecule has 174 valence electrons. The second-order valence-corrected chi connectivity index (χ2v) is 10.4. The lowest BCUT2D eigenvalue weighted by molar-refractivity contribution is -0.310. The van der Waals surface area contributed by atoms with Crippen LogP contribution in [0.25, 0.3) is 0 Å². The quantitative estimate of drug-likeness (QED) is 0.645. The minimum atomic E-state index is -1.02. The SMILES string of the molecule is COC(=O)c1ccc(Nc2cnn(C34C[C@@H]5C[C@@H](CC(CC(=O)[O-])(C5)C3)C4)c(=O)c2Cl)cc1. The predicted octanol–water partition coefficient (Wildman–Crippen LogP) is 2.86. The van der Waals surface area contributed by atoms with E-state index in [1.54, 1.807) is 30.5 Å². The van der Waals surface area contributed by atoms with Crippen molar-refractivity contribution in [3.63, 3.8) is 0 Å². The third-order valence-electron chi connectivity index (χ3n) is 7.62. The van der Waals surface area contributed by atoms with Gasteiger partial charge in [0.15, 0.2) is 0 Å². The first-order valence-electron chi connectivity index (χ1n) is 11.2. The zero-order valence-electron chi connectivity index (χ0n) is 18.3. The van der Waals surface area contributed by atoms with Gasteiger partial charge in [-0.15, -0.1) is 0 Å². The molecular formula is C24H25ClN3O5-. The molecule has 1 aromatic heterocycles. The van der Waals surface area contributed by atoms with Crippen LogP contribution < -0.4 is 16.0 Å². The maximum Gasteiger partial charge on any atom is 0.337 e. The van der Waals surface area contributed by atoms with Gasteiger partial charge in [-0.1, -0.05) is 11.6 Å². The van der Waals surface area contributed by atoms with E-state index >= 15 is 0 Å². The Labute approximate surface area is 195 Å². The second-order valence-electron chi connectivity index (χ2n) is 10.0. The van der Waals surface area contributed by atoms with E-state index in [0.29, 0.717) is 35.2 Å². The van der Waals surface area contributed by atoms with E-state index in [9.17, 15) is 19.5 Å². The number of ether oxygens (including phenoxy) is 1. The summed E-state index contributed by atoms with van der Waals surface area (Å²) < 4.78 is 6.22. The summed E-state index contributed by atoms with van der Waals surface area (Å²) in [6, 6.07) is 6.61. The second kappa shape index (κ2) is 7.87. The molecule has 1 aromatic carbocycles. The molecule has 1 heterocycles. The van der Waals surface area contributed by atoms with E-state index in [-0.39, 0.29) is 22.4 Å². The first-order chi connectivity index (χ1) is 15.7. The number of anilines is 2.